The van der Waals surface area contributed by atoms with Crippen LogP contribution in [0.15, 0.2) is 30.5 Å². The summed E-state index contributed by atoms with van der Waals surface area (Å²) in [7, 11) is 2.17. The number of rotatable bonds is 1. The third-order valence-electron chi connectivity index (χ3n) is 6.25. The van der Waals surface area contributed by atoms with Gasteiger partial charge in [-0.15, -0.1) is 0 Å². The normalized spacial score (nSPS) is 26.4. The van der Waals surface area contributed by atoms with E-state index in [0.29, 0.717) is 11.9 Å². The van der Waals surface area contributed by atoms with Crippen LogP contribution >= 0.6 is 0 Å². The fourth-order valence-corrected chi connectivity index (χ4v) is 4.95. The van der Waals surface area contributed by atoms with Crippen molar-refractivity contribution in [3.05, 3.63) is 41.6 Å². The molecule has 130 valence electrons. The summed E-state index contributed by atoms with van der Waals surface area (Å²) in [5.41, 5.74) is 5.27. The van der Waals surface area contributed by atoms with Gasteiger partial charge in [-0.1, -0.05) is 18.2 Å². The molecule has 3 aliphatic rings. The number of aromatic nitrogens is 1. The minimum atomic E-state index is -0.00917. The first-order valence-electron chi connectivity index (χ1n) is 9.52. The average Bonchev–Trinajstić information content (AvgIpc) is 3.07. The number of amides is 1. The lowest BCUT2D eigenvalue weighted by atomic mass is 9.79. The number of H-pyrrole nitrogens is 1. The molecule has 4 heteroatoms. The lowest BCUT2D eigenvalue weighted by Crippen LogP contribution is -2.48. The van der Waals surface area contributed by atoms with Crippen molar-refractivity contribution < 1.29 is 4.79 Å². The van der Waals surface area contributed by atoms with Gasteiger partial charge in [0.05, 0.1) is 5.92 Å². The Balaban J connectivity index is 1.55. The zero-order valence-electron chi connectivity index (χ0n) is 14.8. The number of nitrogens with zero attached hydrogens (tertiary/aromatic N) is 2. The molecule has 1 aromatic heterocycles. The first-order chi connectivity index (χ1) is 12.2. The predicted octanol–water partition coefficient (Wildman–Crippen LogP) is 3.05. The summed E-state index contributed by atoms with van der Waals surface area (Å²) in [5, 5.41) is 1.35. The van der Waals surface area contributed by atoms with Crippen molar-refractivity contribution in [1.29, 1.82) is 0 Å². The molecule has 1 aliphatic carbocycles. The molecule has 5 rings (SSSR count). The molecule has 2 aliphatic heterocycles. The molecule has 1 aromatic carbocycles. The molecule has 2 aromatic rings. The van der Waals surface area contributed by atoms with Gasteiger partial charge in [0.1, 0.15) is 0 Å². The number of carbonyl (C=O) groups is 1. The van der Waals surface area contributed by atoms with Crippen molar-refractivity contribution in [3.63, 3.8) is 0 Å². The van der Waals surface area contributed by atoms with Crippen LogP contribution in [-0.2, 0) is 11.2 Å². The van der Waals surface area contributed by atoms with Crippen LogP contribution in [0.3, 0.4) is 0 Å². The topological polar surface area (TPSA) is 39.3 Å². The third kappa shape index (κ3) is 2.35. The van der Waals surface area contributed by atoms with E-state index in [1.807, 2.05) is 0 Å². The average molecular weight is 335 g/mol. The van der Waals surface area contributed by atoms with Gasteiger partial charge in [-0.3, -0.25) is 9.69 Å². The number of nitrogens with one attached hydrogen (secondary N) is 1. The van der Waals surface area contributed by atoms with Crippen molar-refractivity contribution in [2.24, 2.45) is 5.92 Å². The Hall–Kier alpha value is -2.07. The largest absolute Gasteiger partial charge is 0.361 e. The minimum Gasteiger partial charge on any atom is -0.361 e. The standard InChI is InChI=1S/C21H25N3O/c1-23-13-15(21(25)24-8-3-2-4-9-24)10-17-16-6-5-7-18-20(16)14(12-22-18)11-19(17)23/h5-7,10,12,15,19,22H,2-4,8-9,11,13H2,1H3/t15-,19+/m0/s1. The number of hydrogen-bond acceptors (Lipinski definition) is 2. The summed E-state index contributed by atoms with van der Waals surface area (Å²) in [4.78, 5) is 20.9. The monoisotopic (exact) mass is 335 g/mol. The van der Waals surface area contributed by atoms with Crippen LogP contribution in [0.2, 0.25) is 0 Å². The molecule has 4 nitrogen and oxygen atoms in total. The van der Waals surface area contributed by atoms with Crippen molar-refractivity contribution in [2.75, 3.05) is 26.7 Å². The highest BCUT2D eigenvalue weighted by Crippen LogP contribution is 2.41. The Morgan fingerprint density at radius 3 is 2.88 bits per heavy atom. The van der Waals surface area contributed by atoms with E-state index >= 15 is 0 Å². The summed E-state index contributed by atoms with van der Waals surface area (Å²) in [6.07, 6.45) is 9.04. The predicted molar refractivity (Wildman–Crippen MR) is 100 cm³/mol. The quantitative estimate of drug-likeness (QED) is 0.870. The summed E-state index contributed by atoms with van der Waals surface area (Å²) < 4.78 is 0. The number of likely N-dealkylation sites (tertiary alicyclic amines) is 1. The van der Waals surface area contributed by atoms with Gasteiger partial charge in [0.15, 0.2) is 0 Å². The molecule has 0 spiro atoms. The van der Waals surface area contributed by atoms with E-state index in [9.17, 15) is 4.79 Å². The van der Waals surface area contributed by atoms with E-state index in [1.165, 1.54) is 34.0 Å². The Bertz CT molecular complexity index is 859. The SMILES string of the molecule is CN1C[C@@H](C(=O)N2CCCCC2)C=C2c3cccc4[nH]cc(c34)C[C@H]21. The van der Waals surface area contributed by atoms with E-state index in [2.05, 4.69) is 52.3 Å². The van der Waals surface area contributed by atoms with Crippen LogP contribution in [0.1, 0.15) is 30.4 Å². The maximum atomic E-state index is 13.1. The third-order valence-corrected chi connectivity index (χ3v) is 6.25. The van der Waals surface area contributed by atoms with E-state index in [-0.39, 0.29) is 5.92 Å². The molecule has 0 unspecified atom stereocenters. The molecule has 0 bridgehead atoms. The number of likely N-dealkylation sites (N-methyl/N-ethyl adjacent to an activating group) is 1. The molecule has 3 heterocycles. The van der Waals surface area contributed by atoms with Gasteiger partial charge in [0.2, 0.25) is 5.91 Å². The van der Waals surface area contributed by atoms with Crippen molar-refractivity contribution in [1.82, 2.24) is 14.8 Å². The lowest BCUT2D eigenvalue weighted by Gasteiger charge is -2.41. The Morgan fingerprint density at radius 1 is 1.20 bits per heavy atom. The van der Waals surface area contributed by atoms with E-state index in [0.717, 1.165) is 38.9 Å². The van der Waals surface area contributed by atoms with Crippen molar-refractivity contribution in [2.45, 2.75) is 31.7 Å². The maximum Gasteiger partial charge on any atom is 0.230 e. The zero-order valence-corrected chi connectivity index (χ0v) is 14.8. The van der Waals surface area contributed by atoms with Crippen molar-refractivity contribution in [3.8, 4) is 0 Å². The highest BCUT2D eigenvalue weighted by molar-refractivity contribution is 5.99. The minimum absolute atomic E-state index is 0.00917. The molecule has 25 heavy (non-hydrogen) atoms. The second kappa shape index (κ2) is 5.73. The fraction of sp³-hybridized carbons (Fsp3) is 0.476. The molecular weight excluding hydrogens is 310 g/mol. The van der Waals surface area contributed by atoms with Gasteiger partial charge in [0, 0.05) is 42.8 Å². The second-order valence-electron chi connectivity index (χ2n) is 7.82. The van der Waals surface area contributed by atoms with E-state index < -0.39 is 0 Å². The molecule has 1 N–H and O–H groups in total. The summed E-state index contributed by atoms with van der Waals surface area (Å²) in [6, 6.07) is 6.88. The van der Waals surface area contributed by atoms with Gasteiger partial charge in [0.25, 0.3) is 0 Å². The molecule has 0 saturated carbocycles. The van der Waals surface area contributed by atoms with Gasteiger partial charge in [-0.05, 0) is 55.5 Å². The first kappa shape index (κ1) is 15.2. The van der Waals surface area contributed by atoms with E-state index in [1.54, 1.807) is 0 Å². The Labute approximate surface area is 148 Å². The first-order valence-corrected chi connectivity index (χ1v) is 9.52. The maximum absolute atomic E-state index is 13.1. The molecular formula is C21H25N3O. The number of carbonyl (C=O) groups excluding carboxylic acids is 1. The second-order valence-corrected chi connectivity index (χ2v) is 7.82. The molecule has 2 atom stereocenters. The molecule has 1 amide bonds. The number of aromatic amines is 1. The van der Waals surface area contributed by atoms with Gasteiger partial charge >= 0.3 is 0 Å². The fourth-order valence-electron chi connectivity index (χ4n) is 4.95. The van der Waals surface area contributed by atoms with Gasteiger partial charge in [-0.2, -0.15) is 0 Å². The Kier molecular flexibility index (Phi) is 3.49. The summed E-state index contributed by atoms with van der Waals surface area (Å²) >= 11 is 0. The van der Waals surface area contributed by atoms with Crippen LogP contribution in [0.25, 0.3) is 16.5 Å². The number of piperidine rings is 1. The van der Waals surface area contributed by atoms with Crippen LogP contribution in [0.4, 0.5) is 0 Å². The van der Waals surface area contributed by atoms with Gasteiger partial charge in [-0.25, -0.2) is 0 Å². The smallest absolute Gasteiger partial charge is 0.230 e. The van der Waals surface area contributed by atoms with Crippen LogP contribution in [0.5, 0.6) is 0 Å². The zero-order chi connectivity index (χ0) is 17.0. The summed E-state index contributed by atoms with van der Waals surface area (Å²) in [5.74, 6) is 0.314. The molecule has 1 saturated heterocycles. The molecule has 1 fully saturated rings. The van der Waals surface area contributed by atoms with Crippen LogP contribution < -0.4 is 0 Å². The summed E-state index contributed by atoms with van der Waals surface area (Å²) in [6.45, 7) is 2.70. The number of hydrogen-bond donors (Lipinski definition) is 1. The van der Waals surface area contributed by atoms with Crippen LogP contribution in [-0.4, -0.2) is 53.4 Å². The van der Waals surface area contributed by atoms with Crippen molar-refractivity contribution >= 4 is 22.4 Å². The highest BCUT2D eigenvalue weighted by Gasteiger charge is 2.36. The highest BCUT2D eigenvalue weighted by atomic mass is 16.2. The lowest BCUT2D eigenvalue weighted by molar-refractivity contribution is -0.135. The number of benzene rings is 1. The number of fused-ring (bicyclic) bond motifs is 2. The Morgan fingerprint density at radius 2 is 2.04 bits per heavy atom. The van der Waals surface area contributed by atoms with Crippen LogP contribution in [0, 0.1) is 5.92 Å². The van der Waals surface area contributed by atoms with Gasteiger partial charge < -0.3 is 9.88 Å². The molecule has 0 radical (unpaired) electrons. The van der Waals surface area contributed by atoms with E-state index in [4.69, 9.17) is 0 Å².